The number of carbonyl (C=O) groups excluding carboxylic acids is 1. The standard InChI is InChI=1S/C24H34O3/c1-15-12-20-18-7-6-16-13-17(25)8-10-22(16,4)19(18)9-11-23(20,5)24(15)14-26-21(2,3)27-24/h9,13,15,18,20H,6-8,10-12,14H2,1-5H3. The number of hydrogen-bond acceptors (Lipinski definition) is 3. The molecule has 1 heterocycles. The Kier molecular flexibility index (Phi) is 3.60. The molecule has 6 unspecified atom stereocenters. The van der Waals surface area contributed by atoms with Gasteiger partial charge in [0.1, 0.15) is 5.60 Å². The molecule has 0 N–H and O–H groups in total. The van der Waals surface area contributed by atoms with Crippen molar-refractivity contribution in [2.75, 3.05) is 6.61 Å². The molecule has 4 aliphatic carbocycles. The van der Waals surface area contributed by atoms with Gasteiger partial charge in [0.25, 0.3) is 0 Å². The average Bonchev–Trinajstić information content (AvgIpc) is 3.05. The van der Waals surface area contributed by atoms with Gasteiger partial charge in [-0.15, -0.1) is 0 Å². The first-order valence-corrected chi connectivity index (χ1v) is 10.9. The van der Waals surface area contributed by atoms with E-state index in [0.29, 0.717) is 30.0 Å². The van der Waals surface area contributed by atoms with Crippen LogP contribution in [0, 0.1) is 28.6 Å². The van der Waals surface area contributed by atoms with E-state index in [2.05, 4.69) is 40.7 Å². The Balaban J connectivity index is 1.56. The minimum atomic E-state index is -0.478. The van der Waals surface area contributed by atoms with E-state index in [9.17, 15) is 4.79 Å². The van der Waals surface area contributed by atoms with Gasteiger partial charge in [-0.05, 0) is 69.8 Å². The van der Waals surface area contributed by atoms with Gasteiger partial charge in [-0.1, -0.05) is 38.0 Å². The summed E-state index contributed by atoms with van der Waals surface area (Å²) in [5, 5.41) is 0. The molecule has 5 rings (SSSR count). The highest BCUT2D eigenvalue weighted by Crippen LogP contribution is 2.69. The first-order valence-electron chi connectivity index (χ1n) is 10.9. The molecule has 0 aromatic rings. The van der Waals surface area contributed by atoms with Crippen molar-refractivity contribution in [2.24, 2.45) is 28.6 Å². The lowest BCUT2D eigenvalue weighted by molar-refractivity contribution is -0.197. The maximum Gasteiger partial charge on any atom is 0.163 e. The van der Waals surface area contributed by atoms with Crippen LogP contribution in [0.1, 0.15) is 73.1 Å². The summed E-state index contributed by atoms with van der Waals surface area (Å²) in [6.07, 6.45) is 10.8. The lowest BCUT2D eigenvalue weighted by Crippen LogP contribution is -2.54. The van der Waals surface area contributed by atoms with Crippen LogP contribution < -0.4 is 0 Å². The van der Waals surface area contributed by atoms with Crippen LogP contribution in [0.25, 0.3) is 0 Å². The van der Waals surface area contributed by atoms with Crippen LogP contribution in [0.3, 0.4) is 0 Å². The zero-order valence-corrected chi connectivity index (χ0v) is 17.6. The lowest BCUT2D eigenvalue weighted by Gasteiger charge is -2.55. The Hall–Kier alpha value is -0.930. The van der Waals surface area contributed by atoms with Crippen LogP contribution in [-0.4, -0.2) is 23.8 Å². The Bertz CT molecular complexity index is 762. The van der Waals surface area contributed by atoms with E-state index in [1.165, 1.54) is 18.4 Å². The molecule has 148 valence electrons. The summed E-state index contributed by atoms with van der Waals surface area (Å²) in [4.78, 5) is 12.0. The molecule has 1 spiro atoms. The molecule has 0 radical (unpaired) electrons. The largest absolute Gasteiger partial charge is 0.347 e. The molecule has 2 saturated carbocycles. The fourth-order valence-electron chi connectivity index (χ4n) is 7.57. The summed E-state index contributed by atoms with van der Waals surface area (Å²) in [6.45, 7) is 12.1. The average molecular weight is 371 g/mol. The van der Waals surface area contributed by atoms with Gasteiger partial charge in [0.05, 0.1) is 6.61 Å². The fourth-order valence-corrected chi connectivity index (χ4v) is 7.57. The van der Waals surface area contributed by atoms with E-state index in [1.54, 1.807) is 5.57 Å². The molecule has 5 aliphatic rings. The molecular weight excluding hydrogens is 336 g/mol. The van der Waals surface area contributed by atoms with Gasteiger partial charge in [-0.25, -0.2) is 0 Å². The highest BCUT2D eigenvalue weighted by molar-refractivity contribution is 5.92. The number of carbonyl (C=O) groups is 1. The molecule has 1 saturated heterocycles. The van der Waals surface area contributed by atoms with Crippen LogP contribution >= 0.6 is 0 Å². The second-order valence-electron chi connectivity index (χ2n) is 10.8. The zero-order valence-electron chi connectivity index (χ0n) is 17.6. The third kappa shape index (κ3) is 2.19. The predicted molar refractivity (Wildman–Crippen MR) is 105 cm³/mol. The topological polar surface area (TPSA) is 35.5 Å². The number of rotatable bonds is 0. The predicted octanol–water partition coefficient (Wildman–Crippen LogP) is 5.21. The first-order chi connectivity index (χ1) is 12.6. The van der Waals surface area contributed by atoms with Crippen molar-refractivity contribution in [3.63, 3.8) is 0 Å². The summed E-state index contributed by atoms with van der Waals surface area (Å²) >= 11 is 0. The molecule has 0 aromatic carbocycles. The van der Waals surface area contributed by atoms with Crippen molar-refractivity contribution in [3.05, 3.63) is 23.3 Å². The van der Waals surface area contributed by atoms with Crippen molar-refractivity contribution in [2.45, 2.75) is 84.5 Å². The van der Waals surface area contributed by atoms with Crippen molar-refractivity contribution >= 4 is 5.78 Å². The van der Waals surface area contributed by atoms with E-state index >= 15 is 0 Å². The summed E-state index contributed by atoms with van der Waals surface area (Å²) in [5.41, 5.74) is 3.12. The lowest BCUT2D eigenvalue weighted by atomic mass is 9.50. The monoisotopic (exact) mass is 370 g/mol. The Morgan fingerprint density at radius 2 is 1.93 bits per heavy atom. The number of fused-ring (bicyclic) bond motifs is 6. The Morgan fingerprint density at radius 3 is 2.63 bits per heavy atom. The van der Waals surface area contributed by atoms with Gasteiger partial charge in [-0.3, -0.25) is 4.79 Å². The van der Waals surface area contributed by atoms with E-state index in [1.807, 2.05) is 6.08 Å². The number of allylic oxidation sites excluding steroid dienone is 4. The van der Waals surface area contributed by atoms with Crippen LogP contribution in [0.2, 0.25) is 0 Å². The van der Waals surface area contributed by atoms with Crippen molar-refractivity contribution in [1.82, 2.24) is 0 Å². The van der Waals surface area contributed by atoms with Crippen LogP contribution in [0.4, 0.5) is 0 Å². The van der Waals surface area contributed by atoms with Crippen molar-refractivity contribution in [3.8, 4) is 0 Å². The van der Waals surface area contributed by atoms with Gasteiger partial charge in [0.2, 0.25) is 0 Å². The van der Waals surface area contributed by atoms with Gasteiger partial charge < -0.3 is 9.47 Å². The smallest absolute Gasteiger partial charge is 0.163 e. The molecule has 3 heteroatoms. The van der Waals surface area contributed by atoms with E-state index in [-0.39, 0.29) is 16.4 Å². The third-order valence-electron chi connectivity index (χ3n) is 9.16. The zero-order chi connectivity index (χ0) is 19.2. The first kappa shape index (κ1) is 18.1. The summed E-state index contributed by atoms with van der Waals surface area (Å²) < 4.78 is 12.8. The quantitative estimate of drug-likeness (QED) is 0.549. The van der Waals surface area contributed by atoms with E-state index in [0.717, 1.165) is 25.9 Å². The van der Waals surface area contributed by atoms with Crippen LogP contribution in [0.15, 0.2) is 23.3 Å². The number of ketones is 1. The minimum absolute atomic E-state index is 0.115. The summed E-state index contributed by atoms with van der Waals surface area (Å²) in [7, 11) is 0. The normalized spacial score (nSPS) is 50.7. The number of ether oxygens (including phenoxy) is 2. The number of hydrogen-bond donors (Lipinski definition) is 0. The van der Waals surface area contributed by atoms with E-state index < -0.39 is 5.79 Å². The van der Waals surface area contributed by atoms with Crippen LogP contribution in [-0.2, 0) is 14.3 Å². The molecule has 0 bridgehead atoms. The third-order valence-corrected chi connectivity index (χ3v) is 9.16. The maximum atomic E-state index is 12.0. The van der Waals surface area contributed by atoms with Gasteiger partial charge in [0.15, 0.2) is 11.6 Å². The summed E-state index contributed by atoms with van der Waals surface area (Å²) in [5.74, 6) is 1.65. The van der Waals surface area contributed by atoms with Crippen molar-refractivity contribution < 1.29 is 14.3 Å². The molecule has 6 atom stereocenters. The minimum Gasteiger partial charge on any atom is -0.347 e. The molecule has 1 aliphatic heterocycles. The summed E-state index contributed by atoms with van der Waals surface area (Å²) in [6, 6.07) is 0. The Labute approximate surface area is 163 Å². The second-order valence-corrected chi connectivity index (χ2v) is 10.8. The molecule has 3 fully saturated rings. The molecular formula is C24H34O3. The van der Waals surface area contributed by atoms with Crippen molar-refractivity contribution in [1.29, 1.82) is 0 Å². The highest BCUT2D eigenvalue weighted by Gasteiger charge is 2.69. The molecule has 3 nitrogen and oxygen atoms in total. The van der Waals surface area contributed by atoms with Gasteiger partial charge in [0, 0.05) is 17.3 Å². The fraction of sp³-hybridized carbons (Fsp3) is 0.792. The molecule has 0 amide bonds. The second kappa shape index (κ2) is 5.36. The molecule has 0 aromatic heterocycles. The maximum absolute atomic E-state index is 12.0. The Morgan fingerprint density at radius 1 is 1.15 bits per heavy atom. The van der Waals surface area contributed by atoms with Crippen LogP contribution in [0.5, 0.6) is 0 Å². The molecule has 27 heavy (non-hydrogen) atoms. The van der Waals surface area contributed by atoms with Gasteiger partial charge in [-0.2, -0.15) is 0 Å². The van der Waals surface area contributed by atoms with Gasteiger partial charge >= 0.3 is 0 Å². The van der Waals surface area contributed by atoms with E-state index in [4.69, 9.17) is 9.47 Å². The SMILES string of the molecule is CC1CC2C3CCC4=CC(=O)CCC4(C)C3=CCC2(C)C12COC(C)(C)O2. The highest BCUT2D eigenvalue weighted by atomic mass is 16.8.